The highest BCUT2D eigenvalue weighted by atomic mass is 16.4. The van der Waals surface area contributed by atoms with Gasteiger partial charge in [0.1, 0.15) is 5.41 Å². The number of amides is 3. The molecule has 1 aromatic heterocycles. The fraction of sp³-hybridized carbons (Fsp3) is 0.529. The van der Waals surface area contributed by atoms with E-state index in [0.717, 1.165) is 0 Å². The second kappa shape index (κ2) is 6.02. The smallest absolute Gasteiger partial charge is 0.319 e. The summed E-state index contributed by atoms with van der Waals surface area (Å²) in [7, 11) is 3.29. The fourth-order valence-electron chi connectivity index (χ4n) is 3.83. The highest BCUT2D eigenvalue weighted by Gasteiger charge is 2.59. The van der Waals surface area contributed by atoms with Crippen LogP contribution in [0, 0.1) is 18.3 Å². The molecule has 0 aromatic carbocycles. The molecule has 1 aromatic rings. The van der Waals surface area contributed by atoms with Crippen molar-refractivity contribution in [3.63, 3.8) is 0 Å². The number of rotatable bonds is 2. The SMILES string of the molecule is Cc1ncccc1C(=O)N1C[C@H]2CN(C(=O)N(C)C)C[C@@]2(C(=O)O)C1. The fourth-order valence-corrected chi connectivity index (χ4v) is 3.83. The summed E-state index contributed by atoms with van der Waals surface area (Å²) in [5.41, 5.74) is 0.0137. The van der Waals surface area contributed by atoms with Crippen molar-refractivity contribution < 1.29 is 19.5 Å². The lowest BCUT2D eigenvalue weighted by Gasteiger charge is -2.27. The molecule has 3 rings (SSSR count). The van der Waals surface area contributed by atoms with Crippen molar-refractivity contribution in [2.45, 2.75) is 6.92 Å². The Morgan fingerprint density at radius 2 is 1.88 bits per heavy atom. The molecule has 3 heterocycles. The first-order valence-electron chi connectivity index (χ1n) is 8.17. The van der Waals surface area contributed by atoms with Crippen LogP contribution in [0.25, 0.3) is 0 Å². The molecule has 0 aliphatic carbocycles. The molecule has 0 spiro atoms. The number of carboxylic acid groups (broad SMARTS) is 1. The van der Waals surface area contributed by atoms with E-state index in [2.05, 4.69) is 4.98 Å². The number of likely N-dealkylation sites (tertiary alicyclic amines) is 2. The lowest BCUT2D eigenvalue weighted by molar-refractivity contribution is -0.148. The number of fused-ring (bicyclic) bond motifs is 1. The van der Waals surface area contributed by atoms with Crippen LogP contribution in [0.15, 0.2) is 18.3 Å². The number of aryl methyl sites for hydroxylation is 1. The number of nitrogens with zero attached hydrogens (tertiary/aromatic N) is 4. The first-order valence-corrected chi connectivity index (χ1v) is 8.17. The van der Waals surface area contributed by atoms with Crippen LogP contribution in [0.4, 0.5) is 4.79 Å². The molecule has 2 aliphatic rings. The van der Waals surface area contributed by atoms with Gasteiger partial charge in [0, 0.05) is 58.1 Å². The number of hydrogen-bond acceptors (Lipinski definition) is 4. The van der Waals surface area contributed by atoms with E-state index in [4.69, 9.17) is 0 Å². The minimum atomic E-state index is -1.10. The van der Waals surface area contributed by atoms with E-state index < -0.39 is 11.4 Å². The van der Waals surface area contributed by atoms with Gasteiger partial charge in [-0.2, -0.15) is 0 Å². The Morgan fingerprint density at radius 3 is 2.44 bits per heavy atom. The van der Waals surface area contributed by atoms with Gasteiger partial charge < -0.3 is 19.8 Å². The number of aliphatic carboxylic acids is 1. The van der Waals surface area contributed by atoms with Gasteiger partial charge in [-0.05, 0) is 19.1 Å². The van der Waals surface area contributed by atoms with Crippen LogP contribution in [-0.4, -0.2) is 83.0 Å². The van der Waals surface area contributed by atoms with E-state index in [1.54, 1.807) is 49.1 Å². The van der Waals surface area contributed by atoms with Gasteiger partial charge in [-0.3, -0.25) is 14.6 Å². The van der Waals surface area contributed by atoms with E-state index in [0.29, 0.717) is 24.3 Å². The normalized spacial score (nSPS) is 25.0. The van der Waals surface area contributed by atoms with Crippen LogP contribution in [0.1, 0.15) is 16.1 Å². The summed E-state index contributed by atoms with van der Waals surface area (Å²) in [6.45, 7) is 2.67. The van der Waals surface area contributed by atoms with Crippen LogP contribution in [0.3, 0.4) is 0 Å². The summed E-state index contributed by atoms with van der Waals surface area (Å²) >= 11 is 0. The predicted molar refractivity (Wildman–Crippen MR) is 89.1 cm³/mol. The van der Waals surface area contributed by atoms with E-state index in [9.17, 15) is 19.5 Å². The van der Waals surface area contributed by atoms with Gasteiger partial charge in [-0.15, -0.1) is 0 Å². The maximum atomic E-state index is 12.8. The van der Waals surface area contributed by atoms with Crippen molar-refractivity contribution >= 4 is 17.9 Å². The van der Waals surface area contributed by atoms with E-state index in [-0.39, 0.29) is 30.9 Å². The second-order valence-corrected chi connectivity index (χ2v) is 7.04. The maximum absolute atomic E-state index is 12.8. The largest absolute Gasteiger partial charge is 0.481 e. The van der Waals surface area contributed by atoms with E-state index in [1.807, 2.05) is 0 Å². The van der Waals surface area contributed by atoms with Crippen LogP contribution < -0.4 is 0 Å². The molecular weight excluding hydrogens is 324 g/mol. The molecule has 2 aliphatic heterocycles. The molecule has 2 saturated heterocycles. The zero-order valence-corrected chi connectivity index (χ0v) is 14.6. The quantitative estimate of drug-likeness (QED) is 0.843. The summed E-state index contributed by atoms with van der Waals surface area (Å²) in [6, 6.07) is 3.20. The highest BCUT2D eigenvalue weighted by molar-refractivity contribution is 5.96. The third-order valence-electron chi connectivity index (χ3n) is 5.21. The third-order valence-corrected chi connectivity index (χ3v) is 5.21. The minimum Gasteiger partial charge on any atom is -0.481 e. The van der Waals surface area contributed by atoms with Crippen molar-refractivity contribution in [1.82, 2.24) is 19.7 Å². The van der Waals surface area contributed by atoms with E-state index in [1.165, 1.54) is 4.90 Å². The molecular formula is C17H22N4O4. The number of aromatic nitrogens is 1. The zero-order valence-electron chi connectivity index (χ0n) is 14.6. The number of hydrogen-bond donors (Lipinski definition) is 1. The molecule has 3 amide bonds. The first-order chi connectivity index (χ1) is 11.8. The summed E-state index contributed by atoms with van der Waals surface area (Å²) in [6.07, 6.45) is 1.62. The van der Waals surface area contributed by atoms with Crippen molar-refractivity contribution in [2.75, 3.05) is 40.3 Å². The summed E-state index contributed by atoms with van der Waals surface area (Å²) in [4.78, 5) is 45.7. The molecule has 2 fully saturated rings. The third kappa shape index (κ3) is 2.71. The van der Waals surface area contributed by atoms with Gasteiger partial charge in [0.15, 0.2) is 0 Å². The lowest BCUT2D eigenvalue weighted by Crippen LogP contribution is -2.45. The summed E-state index contributed by atoms with van der Waals surface area (Å²) in [5.74, 6) is -1.43. The van der Waals surface area contributed by atoms with Gasteiger partial charge in [0.05, 0.1) is 5.56 Å². The maximum Gasteiger partial charge on any atom is 0.319 e. The summed E-state index contributed by atoms with van der Waals surface area (Å²) in [5, 5.41) is 9.84. The molecule has 8 nitrogen and oxygen atoms in total. The Hall–Kier alpha value is -2.64. The second-order valence-electron chi connectivity index (χ2n) is 7.04. The van der Waals surface area contributed by atoms with Crippen LogP contribution in [-0.2, 0) is 4.79 Å². The average Bonchev–Trinajstić information content (AvgIpc) is 3.09. The number of carbonyl (C=O) groups is 3. The van der Waals surface area contributed by atoms with Gasteiger partial charge in [-0.25, -0.2) is 4.79 Å². The molecule has 0 unspecified atom stereocenters. The summed E-state index contributed by atoms with van der Waals surface area (Å²) < 4.78 is 0. The topological polar surface area (TPSA) is 94.1 Å². The van der Waals surface area contributed by atoms with Crippen molar-refractivity contribution in [1.29, 1.82) is 0 Å². The van der Waals surface area contributed by atoms with Gasteiger partial charge in [0.2, 0.25) is 0 Å². The van der Waals surface area contributed by atoms with Gasteiger partial charge in [-0.1, -0.05) is 0 Å². The Balaban J connectivity index is 1.83. The number of pyridine rings is 1. The number of carboxylic acids is 1. The standard InChI is InChI=1S/C17H22N4O4/c1-11-13(5-4-6-18-11)14(22)20-7-12-8-21(16(25)19(2)3)10-17(12,9-20)15(23)24/h4-6,12H,7-10H2,1-3H3,(H,23,24)/t12-,17-/m0/s1. The monoisotopic (exact) mass is 346 g/mol. The molecule has 25 heavy (non-hydrogen) atoms. The molecule has 134 valence electrons. The van der Waals surface area contributed by atoms with Gasteiger partial charge >= 0.3 is 12.0 Å². The average molecular weight is 346 g/mol. The van der Waals surface area contributed by atoms with Crippen LogP contribution in [0.5, 0.6) is 0 Å². The number of carbonyl (C=O) groups excluding carboxylic acids is 2. The lowest BCUT2D eigenvalue weighted by atomic mass is 9.81. The van der Waals surface area contributed by atoms with Crippen molar-refractivity contribution in [3.05, 3.63) is 29.6 Å². The Kier molecular flexibility index (Phi) is 4.14. The molecule has 1 N–H and O–H groups in total. The molecule has 2 atom stereocenters. The number of urea groups is 1. The molecule has 8 heteroatoms. The van der Waals surface area contributed by atoms with Crippen molar-refractivity contribution in [3.8, 4) is 0 Å². The van der Waals surface area contributed by atoms with Crippen LogP contribution in [0.2, 0.25) is 0 Å². The Morgan fingerprint density at radius 1 is 1.24 bits per heavy atom. The van der Waals surface area contributed by atoms with Crippen LogP contribution >= 0.6 is 0 Å². The molecule has 0 bridgehead atoms. The molecule has 0 saturated carbocycles. The van der Waals surface area contributed by atoms with Crippen molar-refractivity contribution in [2.24, 2.45) is 11.3 Å². The first kappa shape index (κ1) is 17.2. The van der Waals surface area contributed by atoms with E-state index >= 15 is 0 Å². The Labute approximate surface area is 146 Å². The predicted octanol–water partition coefficient (Wildman–Crippen LogP) is 0.530. The zero-order chi connectivity index (χ0) is 18.4. The Bertz CT molecular complexity index is 735. The molecule has 0 radical (unpaired) electrons. The minimum absolute atomic E-state index is 0.109. The van der Waals surface area contributed by atoms with Gasteiger partial charge in [0.25, 0.3) is 5.91 Å². The highest BCUT2D eigenvalue weighted by Crippen LogP contribution is 2.43.